The third kappa shape index (κ3) is 2.88. The molecule has 1 aromatic heterocycles. The van der Waals surface area contributed by atoms with Gasteiger partial charge in [-0.3, -0.25) is 0 Å². The summed E-state index contributed by atoms with van der Waals surface area (Å²) in [6, 6.07) is 4.73. The second-order valence-corrected chi connectivity index (χ2v) is 5.51. The number of rotatable bonds is 4. The molecule has 1 unspecified atom stereocenters. The van der Waals surface area contributed by atoms with Gasteiger partial charge in [-0.2, -0.15) is 0 Å². The lowest BCUT2D eigenvalue weighted by atomic mass is 10.0. The molecule has 0 spiro atoms. The van der Waals surface area contributed by atoms with Gasteiger partial charge in [0.05, 0.1) is 16.7 Å². The van der Waals surface area contributed by atoms with Crippen molar-refractivity contribution in [3.63, 3.8) is 0 Å². The molecule has 0 aliphatic rings. The predicted molar refractivity (Wildman–Crippen MR) is 73.8 cm³/mol. The fraction of sp³-hybridized carbons (Fsp3) is 0.308. The van der Waals surface area contributed by atoms with Crippen LogP contribution in [0, 0.1) is 12.7 Å². The van der Waals surface area contributed by atoms with Gasteiger partial charge in [-0.25, -0.2) is 9.37 Å². The topological polar surface area (TPSA) is 24.9 Å². The number of benzene rings is 1. The molecular formula is C13H14ClFN2S. The summed E-state index contributed by atoms with van der Waals surface area (Å²) >= 11 is 7.63. The molecule has 1 N–H and O–H groups in total. The summed E-state index contributed by atoms with van der Waals surface area (Å²) in [4.78, 5) is 4.43. The van der Waals surface area contributed by atoms with Gasteiger partial charge in [0.2, 0.25) is 0 Å². The molecule has 0 saturated heterocycles. The van der Waals surface area contributed by atoms with Gasteiger partial charge in [-0.1, -0.05) is 17.7 Å². The Kier molecular flexibility index (Phi) is 4.32. The van der Waals surface area contributed by atoms with Crippen LogP contribution in [0.1, 0.15) is 22.3 Å². The molecule has 2 nitrogen and oxygen atoms in total. The highest BCUT2D eigenvalue weighted by atomic mass is 35.5. The number of aromatic nitrogens is 1. The lowest BCUT2D eigenvalue weighted by Crippen LogP contribution is -2.20. The second-order valence-electron chi connectivity index (χ2n) is 4.04. The molecule has 0 saturated carbocycles. The third-order valence-corrected chi connectivity index (χ3v) is 3.96. The van der Waals surface area contributed by atoms with E-state index in [4.69, 9.17) is 11.6 Å². The van der Waals surface area contributed by atoms with Crippen molar-refractivity contribution in [1.82, 2.24) is 10.3 Å². The molecule has 2 aromatic rings. The quantitative estimate of drug-likeness (QED) is 0.925. The van der Waals surface area contributed by atoms with Gasteiger partial charge >= 0.3 is 0 Å². The van der Waals surface area contributed by atoms with E-state index < -0.39 is 0 Å². The molecular weight excluding hydrogens is 271 g/mol. The number of nitrogens with one attached hydrogen (secondary N) is 1. The molecule has 2 rings (SSSR count). The van der Waals surface area contributed by atoms with Gasteiger partial charge in [0.1, 0.15) is 5.82 Å². The lowest BCUT2D eigenvalue weighted by molar-refractivity contribution is 0.546. The molecule has 0 bridgehead atoms. The van der Waals surface area contributed by atoms with E-state index in [1.165, 1.54) is 6.07 Å². The minimum Gasteiger partial charge on any atom is -0.311 e. The van der Waals surface area contributed by atoms with Gasteiger partial charge in [-0.05, 0) is 32.5 Å². The highest BCUT2D eigenvalue weighted by molar-refractivity contribution is 7.09. The van der Waals surface area contributed by atoms with E-state index in [9.17, 15) is 4.39 Å². The maximum absolute atomic E-state index is 13.7. The van der Waals surface area contributed by atoms with Crippen molar-refractivity contribution in [3.8, 4) is 0 Å². The van der Waals surface area contributed by atoms with Crippen LogP contribution in [-0.2, 0) is 6.42 Å². The zero-order valence-corrected chi connectivity index (χ0v) is 11.8. The molecule has 96 valence electrons. The van der Waals surface area contributed by atoms with Crippen molar-refractivity contribution in [2.75, 3.05) is 7.05 Å². The Morgan fingerprint density at radius 1 is 1.50 bits per heavy atom. The molecule has 0 amide bonds. The molecule has 0 aliphatic carbocycles. The molecule has 18 heavy (non-hydrogen) atoms. The van der Waals surface area contributed by atoms with Crippen LogP contribution >= 0.6 is 22.9 Å². The average molecular weight is 285 g/mol. The van der Waals surface area contributed by atoms with Crippen molar-refractivity contribution in [2.45, 2.75) is 19.4 Å². The van der Waals surface area contributed by atoms with E-state index in [0.29, 0.717) is 17.0 Å². The van der Waals surface area contributed by atoms with E-state index in [2.05, 4.69) is 10.3 Å². The van der Waals surface area contributed by atoms with Crippen LogP contribution in [0.4, 0.5) is 4.39 Å². The summed E-state index contributed by atoms with van der Waals surface area (Å²) in [5.74, 6) is -0.269. The van der Waals surface area contributed by atoms with Crippen molar-refractivity contribution in [1.29, 1.82) is 0 Å². The number of thiazole rings is 1. The Morgan fingerprint density at radius 3 is 2.83 bits per heavy atom. The fourth-order valence-electron chi connectivity index (χ4n) is 1.83. The van der Waals surface area contributed by atoms with E-state index in [1.807, 2.05) is 19.4 Å². The van der Waals surface area contributed by atoms with Gasteiger partial charge in [0, 0.05) is 16.0 Å². The predicted octanol–water partition coefficient (Wildman–Crippen LogP) is 3.75. The number of hydrogen-bond donors (Lipinski definition) is 1. The molecule has 1 heterocycles. The SMILES string of the molecule is CNC(Cc1c(F)cccc1Cl)c1csc(C)n1. The molecule has 5 heteroatoms. The first-order chi connectivity index (χ1) is 8.61. The largest absolute Gasteiger partial charge is 0.311 e. The first kappa shape index (κ1) is 13.5. The van der Waals surface area contributed by atoms with Crippen LogP contribution in [0.15, 0.2) is 23.6 Å². The van der Waals surface area contributed by atoms with E-state index in [1.54, 1.807) is 23.5 Å². The summed E-state index contributed by atoms with van der Waals surface area (Å²) < 4.78 is 13.7. The standard InChI is InChI=1S/C13H14ClFN2S/c1-8-17-13(7-18-8)12(16-2)6-9-10(14)4-3-5-11(9)15/h3-5,7,12,16H,6H2,1-2H3. The van der Waals surface area contributed by atoms with Crippen molar-refractivity contribution < 1.29 is 4.39 Å². The second kappa shape index (κ2) is 5.78. The highest BCUT2D eigenvalue weighted by Crippen LogP contribution is 2.26. The summed E-state index contributed by atoms with van der Waals surface area (Å²) in [6.07, 6.45) is 0.491. The van der Waals surface area contributed by atoms with Crippen LogP contribution in [0.5, 0.6) is 0 Å². The minimum absolute atomic E-state index is 0.0238. The van der Waals surface area contributed by atoms with E-state index in [0.717, 1.165) is 10.7 Å². The summed E-state index contributed by atoms with van der Waals surface area (Å²) in [7, 11) is 1.84. The highest BCUT2D eigenvalue weighted by Gasteiger charge is 2.17. The molecule has 1 aromatic carbocycles. The minimum atomic E-state index is -0.269. The van der Waals surface area contributed by atoms with E-state index >= 15 is 0 Å². The monoisotopic (exact) mass is 284 g/mol. The first-order valence-corrected chi connectivity index (χ1v) is 6.89. The molecule has 1 atom stereocenters. The van der Waals surface area contributed by atoms with Gasteiger partial charge in [0.15, 0.2) is 0 Å². The number of hydrogen-bond acceptors (Lipinski definition) is 3. The summed E-state index contributed by atoms with van der Waals surface area (Å²) in [5.41, 5.74) is 1.46. The lowest BCUT2D eigenvalue weighted by Gasteiger charge is -2.15. The zero-order valence-electron chi connectivity index (χ0n) is 10.2. The molecule has 0 aliphatic heterocycles. The first-order valence-electron chi connectivity index (χ1n) is 5.64. The Labute approximate surface area is 115 Å². The number of nitrogens with zero attached hydrogens (tertiary/aromatic N) is 1. The summed E-state index contributed by atoms with van der Waals surface area (Å²) in [6.45, 7) is 1.96. The summed E-state index contributed by atoms with van der Waals surface area (Å²) in [5, 5.41) is 6.61. The van der Waals surface area contributed by atoms with Crippen LogP contribution in [0.25, 0.3) is 0 Å². The number of halogens is 2. The average Bonchev–Trinajstić information content (AvgIpc) is 2.76. The molecule has 0 fully saturated rings. The molecule has 0 radical (unpaired) electrons. The van der Waals surface area contributed by atoms with Crippen LogP contribution < -0.4 is 5.32 Å². The Morgan fingerprint density at radius 2 is 2.28 bits per heavy atom. The van der Waals surface area contributed by atoms with Crippen molar-refractivity contribution >= 4 is 22.9 Å². The van der Waals surface area contributed by atoms with Gasteiger partial charge in [0.25, 0.3) is 0 Å². The number of aryl methyl sites for hydroxylation is 1. The zero-order chi connectivity index (χ0) is 13.1. The van der Waals surface area contributed by atoms with Crippen LogP contribution in [0.3, 0.4) is 0 Å². The maximum Gasteiger partial charge on any atom is 0.127 e. The maximum atomic E-state index is 13.7. The van der Waals surface area contributed by atoms with Gasteiger partial charge < -0.3 is 5.32 Å². The normalized spacial score (nSPS) is 12.7. The number of likely N-dealkylation sites (N-methyl/N-ethyl adjacent to an activating group) is 1. The van der Waals surface area contributed by atoms with Crippen molar-refractivity contribution in [3.05, 3.63) is 50.7 Å². The fourth-order valence-corrected chi connectivity index (χ4v) is 2.73. The van der Waals surface area contributed by atoms with Crippen LogP contribution in [-0.4, -0.2) is 12.0 Å². The van der Waals surface area contributed by atoms with E-state index in [-0.39, 0.29) is 11.9 Å². The third-order valence-electron chi connectivity index (χ3n) is 2.81. The Balaban J connectivity index is 2.26. The van der Waals surface area contributed by atoms with Crippen LogP contribution in [0.2, 0.25) is 5.02 Å². The van der Waals surface area contributed by atoms with Gasteiger partial charge in [-0.15, -0.1) is 11.3 Å². The smallest absolute Gasteiger partial charge is 0.127 e. The van der Waals surface area contributed by atoms with Crippen molar-refractivity contribution in [2.24, 2.45) is 0 Å². The Hall–Kier alpha value is -0.970. The Bertz CT molecular complexity index is 521.